The minimum absolute atomic E-state index is 0.282. The predicted octanol–water partition coefficient (Wildman–Crippen LogP) is 2.56. The molecule has 0 spiro atoms. The van der Waals surface area contributed by atoms with Crippen LogP contribution in [0, 0.1) is 0 Å². The standard InChI is InChI=1S/C15H29NO5/c1-4-6-7-15(5-2)16-21-13-11-19-9-8-18-10-12-20-14(3)17/h4-13H2,1-3H3/b16-15+. The van der Waals surface area contributed by atoms with E-state index in [-0.39, 0.29) is 12.6 Å². The Kier molecular flexibility index (Phi) is 14.4. The Balaban J connectivity index is 3.31. The Hall–Kier alpha value is -1.14. The second-order valence-electron chi connectivity index (χ2n) is 4.51. The van der Waals surface area contributed by atoms with Gasteiger partial charge in [-0.3, -0.25) is 4.79 Å². The summed E-state index contributed by atoms with van der Waals surface area (Å²) in [5, 5.41) is 4.11. The summed E-state index contributed by atoms with van der Waals surface area (Å²) in [5.74, 6) is -0.294. The minimum Gasteiger partial charge on any atom is -0.463 e. The molecule has 0 radical (unpaired) electrons. The van der Waals surface area contributed by atoms with E-state index in [9.17, 15) is 4.79 Å². The average molecular weight is 303 g/mol. The normalized spacial score (nSPS) is 11.5. The zero-order chi connectivity index (χ0) is 15.8. The molecule has 0 aliphatic rings. The number of hydrogen-bond acceptors (Lipinski definition) is 6. The van der Waals surface area contributed by atoms with Gasteiger partial charge in [0.2, 0.25) is 0 Å². The first-order valence-electron chi connectivity index (χ1n) is 7.67. The summed E-state index contributed by atoms with van der Waals surface area (Å²) in [7, 11) is 0. The summed E-state index contributed by atoms with van der Waals surface area (Å²) < 4.78 is 15.3. The molecule has 0 N–H and O–H groups in total. The fraction of sp³-hybridized carbons (Fsp3) is 0.867. The number of rotatable bonds is 14. The molecule has 6 nitrogen and oxygen atoms in total. The van der Waals surface area contributed by atoms with Crippen LogP contribution in [0.5, 0.6) is 0 Å². The Bertz CT molecular complexity index is 281. The molecule has 0 unspecified atom stereocenters. The molecule has 0 saturated carbocycles. The molecule has 0 aromatic carbocycles. The Morgan fingerprint density at radius 1 is 0.952 bits per heavy atom. The van der Waals surface area contributed by atoms with Gasteiger partial charge in [-0.05, 0) is 19.3 Å². The highest BCUT2D eigenvalue weighted by molar-refractivity contribution is 5.83. The van der Waals surface area contributed by atoms with Crippen molar-refractivity contribution < 1.29 is 23.8 Å². The lowest BCUT2D eigenvalue weighted by Crippen LogP contribution is -2.12. The van der Waals surface area contributed by atoms with E-state index in [0.29, 0.717) is 33.0 Å². The van der Waals surface area contributed by atoms with Gasteiger partial charge in [-0.15, -0.1) is 0 Å². The van der Waals surface area contributed by atoms with Crippen LogP contribution < -0.4 is 0 Å². The lowest BCUT2D eigenvalue weighted by Gasteiger charge is -2.06. The zero-order valence-corrected chi connectivity index (χ0v) is 13.6. The fourth-order valence-corrected chi connectivity index (χ4v) is 1.47. The van der Waals surface area contributed by atoms with Crippen molar-refractivity contribution in [2.75, 3.05) is 39.6 Å². The van der Waals surface area contributed by atoms with Gasteiger partial charge in [0.25, 0.3) is 0 Å². The van der Waals surface area contributed by atoms with Crippen LogP contribution in [0.1, 0.15) is 46.5 Å². The van der Waals surface area contributed by atoms with E-state index in [1.807, 2.05) is 0 Å². The van der Waals surface area contributed by atoms with Crippen molar-refractivity contribution in [3.8, 4) is 0 Å². The molecule has 0 amide bonds. The quantitative estimate of drug-likeness (QED) is 0.213. The Morgan fingerprint density at radius 2 is 1.57 bits per heavy atom. The molecule has 6 heteroatoms. The van der Waals surface area contributed by atoms with Crippen LogP contribution in [0.25, 0.3) is 0 Å². The molecule has 0 fully saturated rings. The molecule has 0 heterocycles. The maximum atomic E-state index is 10.5. The van der Waals surface area contributed by atoms with E-state index in [2.05, 4.69) is 19.0 Å². The summed E-state index contributed by atoms with van der Waals surface area (Å²) in [6.45, 7) is 8.19. The summed E-state index contributed by atoms with van der Waals surface area (Å²) in [4.78, 5) is 15.7. The first-order valence-corrected chi connectivity index (χ1v) is 7.67. The number of ether oxygens (including phenoxy) is 3. The number of carbonyl (C=O) groups is 1. The highest BCUT2D eigenvalue weighted by Crippen LogP contribution is 2.01. The van der Waals surface area contributed by atoms with E-state index in [1.165, 1.54) is 13.3 Å². The van der Waals surface area contributed by atoms with Crippen molar-refractivity contribution >= 4 is 11.7 Å². The van der Waals surface area contributed by atoms with Crippen LogP contribution in [0.4, 0.5) is 0 Å². The largest absolute Gasteiger partial charge is 0.463 e. The maximum absolute atomic E-state index is 10.5. The van der Waals surface area contributed by atoms with Gasteiger partial charge >= 0.3 is 5.97 Å². The van der Waals surface area contributed by atoms with Crippen LogP contribution in [-0.4, -0.2) is 51.3 Å². The highest BCUT2D eigenvalue weighted by atomic mass is 16.6. The average Bonchev–Trinajstić information content (AvgIpc) is 2.47. The third-order valence-corrected chi connectivity index (χ3v) is 2.64. The van der Waals surface area contributed by atoms with Crippen LogP contribution in [0.15, 0.2) is 5.16 Å². The van der Waals surface area contributed by atoms with E-state index in [4.69, 9.17) is 19.0 Å². The second-order valence-corrected chi connectivity index (χ2v) is 4.51. The van der Waals surface area contributed by atoms with Crippen molar-refractivity contribution in [2.45, 2.75) is 46.5 Å². The maximum Gasteiger partial charge on any atom is 0.302 e. The number of hydrogen-bond donors (Lipinski definition) is 0. The van der Waals surface area contributed by atoms with E-state index in [0.717, 1.165) is 25.0 Å². The van der Waals surface area contributed by atoms with E-state index in [1.54, 1.807) is 0 Å². The van der Waals surface area contributed by atoms with Gasteiger partial charge in [0.15, 0.2) is 0 Å². The van der Waals surface area contributed by atoms with E-state index < -0.39 is 0 Å². The molecule has 0 bridgehead atoms. The van der Waals surface area contributed by atoms with Crippen LogP contribution in [-0.2, 0) is 23.8 Å². The number of oxime groups is 1. The summed E-state index contributed by atoms with van der Waals surface area (Å²) in [6, 6.07) is 0. The third kappa shape index (κ3) is 15.1. The van der Waals surface area contributed by atoms with Crippen molar-refractivity contribution in [3.63, 3.8) is 0 Å². The van der Waals surface area contributed by atoms with Crippen molar-refractivity contribution in [1.29, 1.82) is 0 Å². The number of nitrogens with zero attached hydrogens (tertiary/aromatic N) is 1. The zero-order valence-electron chi connectivity index (χ0n) is 13.6. The van der Waals surface area contributed by atoms with E-state index >= 15 is 0 Å². The highest BCUT2D eigenvalue weighted by Gasteiger charge is 1.97. The van der Waals surface area contributed by atoms with Crippen LogP contribution in [0.3, 0.4) is 0 Å². The van der Waals surface area contributed by atoms with Gasteiger partial charge in [0.05, 0.1) is 32.1 Å². The molecular formula is C15H29NO5. The van der Waals surface area contributed by atoms with Crippen LogP contribution in [0.2, 0.25) is 0 Å². The number of carbonyl (C=O) groups excluding carboxylic acids is 1. The summed E-state index contributed by atoms with van der Waals surface area (Å²) in [6.07, 6.45) is 4.25. The lowest BCUT2D eigenvalue weighted by atomic mass is 10.1. The van der Waals surface area contributed by atoms with Gasteiger partial charge < -0.3 is 19.0 Å². The molecule has 0 aliphatic heterocycles. The van der Waals surface area contributed by atoms with Crippen molar-refractivity contribution in [2.24, 2.45) is 5.16 Å². The minimum atomic E-state index is -0.294. The van der Waals surface area contributed by atoms with Crippen molar-refractivity contribution in [3.05, 3.63) is 0 Å². The number of unbranched alkanes of at least 4 members (excludes halogenated alkanes) is 1. The Morgan fingerprint density at radius 3 is 2.14 bits per heavy atom. The van der Waals surface area contributed by atoms with Gasteiger partial charge in [-0.1, -0.05) is 25.4 Å². The molecular weight excluding hydrogens is 274 g/mol. The van der Waals surface area contributed by atoms with Gasteiger partial charge in [-0.2, -0.15) is 0 Å². The monoisotopic (exact) mass is 303 g/mol. The molecule has 0 saturated heterocycles. The summed E-state index contributed by atoms with van der Waals surface area (Å²) in [5.41, 5.74) is 1.10. The molecule has 0 aromatic rings. The van der Waals surface area contributed by atoms with Crippen LogP contribution >= 0.6 is 0 Å². The number of esters is 1. The van der Waals surface area contributed by atoms with Gasteiger partial charge in [0, 0.05) is 6.92 Å². The molecule has 124 valence electrons. The molecule has 0 aliphatic carbocycles. The van der Waals surface area contributed by atoms with Gasteiger partial charge in [-0.25, -0.2) is 0 Å². The SMILES string of the molecule is CCCC/C(CC)=N/OCCOCCOCCOC(C)=O. The topological polar surface area (TPSA) is 66.3 Å². The molecule has 0 aromatic heterocycles. The Labute approximate surface area is 127 Å². The smallest absolute Gasteiger partial charge is 0.302 e. The fourth-order valence-electron chi connectivity index (χ4n) is 1.47. The molecule has 0 rings (SSSR count). The molecule has 21 heavy (non-hydrogen) atoms. The predicted molar refractivity (Wildman–Crippen MR) is 81.5 cm³/mol. The second kappa shape index (κ2) is 15.3. The van der Waals surface area contributed by atoms with Crippen molar-refractivity contribution in [1.82, 2.24) is 0 Å². The lowest BCUT2D eigenvalue weighted by molar-refractivity contribution is -0.142. The molecule has 0 atom stereocenters. The first kappa shape index (κ1) is 19.9. The van der Waals surface area contributed by atoms with Gasteiger partial charge in [0.1, 0.15) is 13.2 Å². The first-order chi connectivity index (χ1) is 10.2. The third-order valence-electron chi connectivity index (χ3n) is 2.64. The summed E-state index contributed by atoms with van der Waals surface area (Å²) >= 11 is 0.